The zero-order chi connectivity index (χ0) is 15.9. The maximum absolute atomic E-state index is 12.1. The molecule has 1 aliphatic heterocycles. The van der Waals surface area contributed by atoms with Crippen molar-refractivity contribution >= 4 is 11.7 Å². The van der Waals surface area contributed by atoms with Gasteiger partial charge in [0.1, 0.15) is 5.82 Å². The topological polar surface area (TPSA) is 57.3 Å². The van der Waals surface area contributed by atoms with Gasteiger partial charge in [0.25, 0.3) is 5.91 Å². The number of piperazine rings is 1. The van der Waals surface area contributed by atoms with Gasteiger partial charge < -0.3 is 15.5 Å². The lowest BCUT2D eigenvalue weighted by Gasteiger charge is -2.28. The first-order valence-corrected chi connectivity index (χ1v) is 8.07. The van der Waals surface area contributed by atoms with Crippen molar-refractivity contribution in [2.45, 2.75) is 6.42 Å². The van der Waals surface area contributed by atoms with E-state index in [1.54, 1.807) is 6.20 Å². The number of benzene rings is 1. The van der Waals surface area contributed by atoms with Crippen molar-refractivity contribution in [1.82, 2.24) is 15.6 Å². The lowest BCUT2D eigenvalue weighted by molar-refractivity contribution is 0.0954. The number of hydrogen-bond acceptors (Lipinski definition) is 4. The first-order valence-electron chi connectivity index (χ1n) is 8.07. The van der Waals surface area contributed by atoms with Gasteiger partial charge in [-0.3, -0.25) is 4.79 Å². The van der Waals surface area contributed by atoms with Crippen LogP contribution in [0.2, 0.25) is 0 Å². The molecule has 2 N–H and O–H groups in total. The Labute approximate surface area is 136 Å². The fourth-order valence-corrected chi connectivity index (χ4v) is 2.67. The monoisotopic (exact) mass is 310 g/mol. The van der Waals surface area contributed by atoms with Gasteiger partial charge in [-0.2, -0.15) is 0 Å². The fourth-order valence-electron chi connectivity index (χ4n) is 2.67. The molecule has 1 aromatic heterocycles. The molecular weight excluding hydrogens is 288 g/mol. The van der Waals surface area contributed by atoms with Gasteiger partial charge in [0.05, 0.1) is 5.56 Å². The SMILES string of the molecule is O=C(NCCc1ccccc1)c1ccc(N2CCNCC2)nc1. The minimum Gasteiger partial charge on any atom is -0.354 e. The molecule has 0 bridgehead atoms. The molecule has 2 aromatic rings. The van der Waals surface area contributed by atoms with Gasteiger partial charge in [0, 0.05) is 38.9 Å². The summed E-state index contributed by atoms with van der Waals surface area (Å²) in [6.07, 6.45) is 2.49. The summed E-state index contributed by atoms with van der Waals surface area (Å²) in [5.41, 5.74) is 1.83. The van der Waals surface area contributed by atoms with Crippen molar-refractivity contribution in [2.24, 2.45) is 0 Å². The number of rotatable bonds is 5. The highest BCUT2D eigenvalue weighted by Gasteiger charge is 2.12. The van der Waals surface area contributed by atoms with Crippen molar-refractivity contribution < 1.29 is 4.79 Å². The van der Waals surface area contributed by atoms with E-state index in [1.807, 2.05) is 30.3 Å². The number of aromatic nitrogens is 1. The van der Waals surface area contributed by atoms with Gasteiger partial charge in [0.2, 0.25) is 0 Å². The third kappa shape index (κ3) is 4.29. The summed E-state index contributed by atoms with van der Waals surface area (Å²) >= 11 is 0. The van der Waals surface area contributed by atoms with Crippen LogP contribution in [0.15, 0.2) is 48.7 Å². The number of pyridine rings is 1. The smallest absolute Gasteiger partial charge is 0.252 e. The second-order valence-corrected chi connectivity index (χ2v) is 5.63. The number of nitrogens with one attached hydrogen (secondary N) is 2. The minimum atomic E-state index is -0.0692. The Balaban J connectivity index is 1.51. The van der Waals surface area contributed by atoms with E-state index in [-0.39, 0.29) is 5.91 Å². The molecule has 3 rings (SSSR count). The van der Waals surface area contributed by atoms with Crippen LogP contribution in [-0.2, 0) is 6.42 Å². The lowest BCUT2D eigenvalue weighted by Crippen LogP contribution is -2.43. The van der Waals surface area contributed by atoms with Crippen LogP contribution in [-0.4, -0.2) is 43.6 Å². The summed E-state index contributed by atoms with van der Waals surface area (Å²) in [6, 6.07) is 13.9. The second kappa shape index (κ2) is 7.74. The quantitative estimate of drug-likeness (QED) is 0.878. The molecule has 0 spiro atoms. The number of nitrogens with zero attached hydrogens (tertiary/aromatic N) is 2. The van der Waals surface area contributed by atoms with Crippen molar-refractivity contribution in [3.05, 3.63) is 59.8 Å². The Kier molecular flexibility index (Phi) is 5.21. The largest absolute Gasteiger partial charge is 0.354 e. The Morgan fingerprint density at radius 3 is 2.61 bits per heavy atom. The third-order valence-corrected chi connectivity index (χ3v) is 3.99. The summed E-state index contributed by atoms with van der Waals surface area (Å²) in [4.78, 5) is 18.8. The molecule has 0 unspecified atom stereocenters. The molecule has 1 saturated heterocycles. The molecule has 1 aromatic carbocycles. The summed E-state index contributed by atoms with van der Waals surface area (Å²) in [5, 5.41) is 6.26. The van der Waals surface area contributed by atoms with E-state index in [0.717, 1.165) is 38.4 Å². The molecule has 0 saturated carbocycles. The van der Waals surface area contributed by atoms with E-state index in [1.165, 1.54) is 5.56 Å². The van der Waals surface area contributed by atoms with Gasteiger partial charge in [-0.25, -0.2) is 4.98 Å². The Morgan fingerprint density at radius 2 is 1.91 bits per heavy atom. The molecule has 2 heterocycles. The first-order chi connectivity index (χ1) is 11.3. The molecule has 5 heteroatoms. The summed E-state index contributed by atoms with van der Waals surface area (Å²) in [7, 11) is 0. The van der Waals surface area contributed by atoms with Crippen LogP contribution >= 0.6 is 0 Å². The van der Waals surface area contributed by atoms with Crippen LogP contribution in [0.4, 0.5) is 5.82 Å². The summed E-state index contributed by atoms with van der Waals surface area (Å²) < 4.78 is 0. The summed E-state index contributed by atoms with van der Waals surface area (Å²) in [5.74, 6) is 0.868. The highest BCUT2D eigenvalue weighted by molar-refractivity contribution is 5.94. The predicted octanol–water partition coefficient (Wildman–Crippen LogP) is 1.46. The highest BCUT2D eigenvalue weighted by atomic mass is 16.1. The standard InChI is InChI=1S/C18H22N4O/c23-18(20-9-8-15-4-2-1-3-5-15)16-6-7-17(21-14-16)22-12-10-19-11-13-22/h1-7,14,19H,8-13H2,(H,20,23). The molecule has 23 heavy (non-hydrogen) atoms. The maximum atomic E-state index is 12.1. The van der Waals surface area contributed by atoms with Crippen LogP contribution < -0.4 is 15.5 Å². The number of hydrogen-bond donors (Lipinski definition) is 2. The van der Waals surface area contributed by atoms with Gasteiger partial charge in [0.15, 0.2) is 0 Å². The van der Waals surface area contributed by atoms with E-state index in [0.29, 0.717) is 12.1 Å². The van der Waals surface area contributed by atoms with Gasteiger partial charge in [-0.1, -0.05) is 30.3 Å². The highest BCUT2D eigenvalue weighted by Crippen LogP contribution is 2.12. The van der Waals surface area contributed by atoms with Gasteiger partial charge >= 0.3 is 0 Å². The number of carbonyl (C=O) groups excluding carboxylic acids is 1. The van der Waals surface area contributed by atoms with Crippen LogP contribution in [0.25, 0.3) is 0 Å². The zero-order valence-corrected chi connectivity index (χ0v) is 13.2. The normalized spacial score (nSPS) is 14.5. The lowest BCUT2D eigenvalue weighted by atomic mass is 10.1. The molecule has 1 fully saturated rings. The van der Waals surface area contributed by atoms with E-state index in [9.17, 15) is 4.79 Å². The Hall–Kier alpha value is -2.40. The second-order valence-electron chi connectivity index (χ2n) is 5.63. The van der Waals surface area contributed by atoms with Gasteiger partial charge in [-0.05, 0) is 24.1 Å². The predicted molar refractivity (Wildman–Crippen MR) is 91.8 cm³/mol. The van der Waals surface area contributed by atoms with Crippen LogP contribution in [0, 0.1) is 0 Å². The first kappa shape index (κ1) is 15.5. The minimum absolute atomic E-state index is 0.0692. The molecule has 0 aliphatic carbocycles. The molecule has 5 nitrogen and oxygen atoms in total. The van der Waals surface area contributed by atoms with Crippen molar-refractivity contribution in [1.29, 1.82) is 0 Å². The van der Waals surface area contributed by atoms with Crippen molar-refractivity contribution in [3.63, 3.8) is 0 Å². The number of amides is 1. The molecule has 0 atom stereocenters. The van der Waals surface area contributed by atoms with Crippen LogP contribution in [0.1, 0.15) is 15.9 Å². The average molecular weight is 310 g/mol. The number of carbonyl (C=O) groups is 1. The molecular formula is C18H22N4O. The van der Waals surface area contributed by atoms with Crippen molar-refractivity contribution in [3.8, 4) is 0 Å². The third-order valence-electron chi connectivity index (χ3n) is 3.99. The molecule has 1 amide bonds. The van der Waals surface area contributed by atoms with E-state index in [4.69, 9.17) is 0 Å². The van der Waals surface area contributed by atoms with Crippen LogP contribution in [0.5, 0.6) is 0 Å². The zero-order valence-electron chi connectivity index (χ0n) is 13.2. The van der Waals surface area contributed by atoms with Crippen molar-refractivity contribution in [2.75, 3.05) is 37.6 Å². The maximum Gasteiger partial charge on any atom is 0.252 e. The van der Waals surface area contributed by atoms with Gasteiger partial charge in [-0.15, -0.1) is 0 Å². The molecule has 1 aliphatic rings. The van der Waals surface area contributed by atoms with E-state index < -0.39 is 0 Å². The Morgan fingerprint density at radius 1 is 1.13 bits per heavy atom. The van der Waals surface area contributed by atoms with E-state index >= 15 is 0 Å². The number of anilines is 1. The van der Waals surface area contributed by atoms with E-state index in [2.05, 4.69) is 32.7 Å². The summed E-state index contributed by atoms with van der Waals surface area (Å²) in [6.45, 7) is 4.49. The molecule has 0 radical (unpaired) electrons. The Bertz CT molecular complexity index is 621. The molecule has 120 valence electrons. The van der Waals surface area contributed by atoms with Crippen LogP contribution in [0.3, 0.4) is 0 Å². The average Bonchev–Trinajstić information content (AvgIpc) is 2.63. The fraction of sp³-hybridized carbons (Fsp3) is 0.333.